The van der Waals surface area contributed by atoms with Gasteiger partial charge in [-0.2, -0.15) is 0 Å². The zero-order chi connectivity index (χ0) is 14.5. The van der Waals surface area contributed by atoms with Crippen LogP contribution in [0.15, 0.2) is 29.2 Å². The smallest absolute Gasteiger partial charge is 0.251 e. The number of primary sulfonamides is 1. The Labute approximate surface area is 113 Å². The number of hydrogen-bond donors (Lipinski definition) is 3. The highest BCUT2D eigenvalue weighted by molar-refractivity contribution is 7.89. The van der Waals surface area contributed by atoms with Crippen LogP contribution in [-0.2, 0) is 14.8 Å². The normalized spacial score (nSPS) is 10.8. The Kier molecular flexibility index (Phi) is 5.41. The van der Waals surface area contributed by atoms with Crippen LogP contribution in [0.25, 0.3) is 0 Å². The van der Waals surface area contributed by atoms with Crippen LogP contribution in [0.1, 0.15) is 10.4 Å². The molecule has 4 N–H and O–H groups in total. The number of carbonyl (C=O) groups is 2. The molecule has 0 saturated carbocycles. The van der Waals surface area contributed by atoms with Crippen molar-refractivity contribution in [2.24, 2.45) is 5.14 Å². The lowest BCUT2D eigenvalue weighted by Crippen LogP contribution is -2.36. The van der Waals surface area contributed by atoms with E-state index in [2.05, 4.69) is 19.9 Å². The van der Waals surface area contributed by atoms with E-state index in [1.807, 2.05) is 0 Å². The summed E-state index contributed by atoms with van der Waals surface area (Å²) in [6.45, 7) is -0.149. The maximum Gasteiger partial charge on any atom is 0.251 e. The molecule has 0 heterocycles. The van der Waals surface area contributed by atoms with Crippen LogP contribution in [0.5, 0.6) is 0 Å². The fraction of sp³-hybridized carbons (Fsp3) is 0.200. The molecule has 2 amide bonds. The molecule has 0 spiro atoms. The topological polar surface area (TPSA) is 118 Å². The van der Waals surface area contributed by atoms with Crippen molar-refractivity contribution in [3.63, 3.8) is 0 Å². The zero-order valence-electron chi connectivity index (χ0n) is 9.92. The van der Waals surface area contributed by atoms with E-state index in [9.17, 15) is 18.0 Å². The quantitative estimate of drug-likeness (QED) is 0.605. The Morgan fingerprint density at radius 3 is 2.21 bits per heavy atom. The number of amides is 2. The monoisotopic (exact) mass is 303 g/mol. The van der Waals surface area contributed by atoms with Gasteiger partial charge in [-0.1, -0.05) is 0 Å². The highest BCUT2D eigenvalue weighted by Crippen LogP contribution is 2.08. The van der Waals surface area contributed by atoms with Gasteiger partial charge in [0.2, 0.25) is 15.9 Å². The summed E-state index contributed by atoms with van der Waals surface area (Å²) in [5.41, 5.74) is 0.242. The summed E-state index contributed by atoms with van der Waals surface area (Å²) < 4.78 is 22.0. The number of rotatable bonds is 5. The minimum Gasteiger partial charge on any atom is -0.351 e. The molecule has 0 aliphatic heterocycles. The molecule has 0 bridgehead atoms. The summed E-state index contributed by atoms with van der Waals surface area (Å²) in [7, 11) is -1.45. The maximum atomic E-state index is 11.6. The van der Waals surface area contributed by atoms with Gasteiger partial charge in [-0.05, 0) is 24.3 Å². The molecule has 9 heteroatoms. The molecular weight excluding hydrogens is 289 g/mol. The third-order valence-electron chi connectivity index (χ3n) is 2.15. The molecule has 7 nitrogen and oxygen atoms in total. The minimum absolute atomic E-state index is 0.0789. The first kappa shape index (κ1) is 15.6. The molecule has 1 aromatic rings. The Morgan fingerprint density at radius 1 is 1.16 bits per heavy atom. The highest BCUT2D eigenvalue weighted by Gasteiger charge is 2.10. The number of nitrogens with two attached hydrogens (primary N) is 1. The molecule has 0 aliphatic rings. The average molecular weight is 303 g/mol. The molecule has 0 fully saturated rings. The third kappa shape index (κ3) is 4.94. The van der Waals surface area contributed by atoms with E-state index in [4.69, 9.17) is 5.14 Å². The van der Waals surface area contributed by atoms with Crippen LogP contribution in [0, 0.1) is 0 Å². The molecule has 0 aromatic heterocycles. The fourth-order valence-electron chi connectivity index (χ4n) is 1.23. The lowest BCUT2D eigenvalue weighted by Gasteiger charge is -2.05. The number of carbonyl (C=O) groups excluding carboxylic acids is 2. The summed E-state index contributed by atoms with van der Waals surface area (Å²) in [5, 5.41) is 9.83. The van der Waals surface area contributed by atoms with Crippen LogP contribution in [0.3, 0.4) is 0 Å². The summed E-state index contributed by atoms with van der Waals surface area (Å²) >= 11 is 0. The second-order valence-corrected chi connectivity index (χ2v) is 5.53. The molecule has 0 saturated heterocycles. The van der Waals surface area contributed by atoms with Gasteiger partial charge in [-0.25, -0.2) is 13.6 Å². The average Bonchev–Trinajstić information content (AvgIpc) is 2.35. The van der Waals surface area contributed by atoms with Gasteiger partial charge in [0, 0.05) is 11.8 Å². The lowest BCUT2D eigenvalue weighted by molar-refractivity contribution is -0.119. The van der Waals surface area contributed by atoms with Gasteiger partial charge >= 0.3 is 0 Å². The predicted molar refractivity (Wildman–Crippen MR) is 72.9 cm³/mol. The summed E-state index contributed by atoms with van der Waals surface area (Å²) in [6, 6.07) is 5.10. The van der Waals surface area contributed by atoms with Gasteiger partial charge in [0.25, 0.3) is 5.91 Å². The number of benzene rings is 1. The number of nitrogens with one attached hydrogen (secondary N) is 2. The molecule has 0 radical (unpaired) electrons. The number of hydrogen-bond acceptors (Lipinski definition) is 4. The van der Waals surface area contributed by atoms with Gasteiger partial charge in [-0.15, -0.1) is 9.24 Å². The van der Waals surface area contributed by atoms with Crippen LogP contribution < -0.4 is 15.8 Å². The summed E-state index contributed by atoms with van der Waals surface area (Å²) in [4.78, 5) is 22.7. The molecule has 1 rings (SSSR count). The second kappa shape index (κ2) is 6.60. The van der Waals surface area contributed by atoms with Crippen molar-refractivity contribution in [1.82, 2.24) is 10.6 Å². The Morgan fingerprint density at radius 2 is 1.74 bits per heavy atom. The Balaban J connectivity index is 2.66. The van der Waals surface area contributed by atoms with Gasteiger partial charge in [0.15, 0.2) is 0 Å². The van der Waals surface area contributed by atoms with Crippen LogP contribution in [0.4, 0.5) is 0 Å². The third-order valence-corrected chi connectivity index (χ3v) is 3.29. The fourth-order valence-corrected chi connectivity index (χ4v) is 1.98. The van der Waals surface area contributed by atoms with Crippen molar-refractivity contribution in [3.05, 3.63) is 29.8 Å². The standard InChI is InChI=1S/C10H14N3O4PS/c11-19(16,17)8-3-1-7(2-4-8)10(15)12-5-9(14)13-6-18/h1-4H,5-6,18H2,(H,12,15)(H,13,14)(H2,11,16,17). The number of sulfonamides is 1. The van der Waals surface area contributed by atoms with Crippen molar-refractivity contribution < 1.29 is 18.0 Å². The lowest BCUT2D eigenvalue weighted by atomic mass is 10.2. The van der Waals surface area contributed by atoms with E-state index in [1.165, 1.54) is 24.3 Å². The van der Waals surface area contributed by atoms with Crippen LogP contribution in [-0.4, -0.2) is 33.1 Å². The first-order valence-electron chi connectivity index (χ1n) is 5.22. The van der Waals surface area contributed by atoms with Crippen LogP contribution >= 0.6 is 9.24 Å². The minimum atomic E-state index is -3.78. The first-order chi connectivity index (χ1) is 8.84. The van der Waals surface area contributed by atoms with Crippen molar-refractivity contribution >= 4 is 31.1 Å². The molecule has 1 unspecified atom stereocenters. The Bertz CT molecular complexity index is 571. The zero-order valence-corrected chi connectivity index (χ0v) is 11.9. The molecule has 104 valence electrons. The van der Waals surface area contributed by atoms with E-state index in [1.54, 1.807) is 0 Å². The highest BCUT2D eigenvalue weighted by atomic mass is 32.2. The molecular formula is C10H14N3O4PS. The van der Waals surface area contributed by atoms with Crippen molar-refractivity contribution in [2.45, 2.75) is 4.90 Å². The predicted octanol–water partition coefficient (Wildman–Crippen LogP) is -0.987. The largest absolute Gasteiger partial charge is 0.351 e. The van der Waals surface area contributed by atoms with Gasteiger partial charge in [0.1, 0.15) is 0 Å². The van der Waals surface area contributed by atoms with Crippen LogP contribution in [0.2, 0.25) is 0 Å². The van der Waals surface area contributed by atoms with Gasteiger partial charge in [0.05, 0.1) is 11.4 Å². The first-order valence-corrected chi connectivity index (χ1v) is 7.58. The van der Waals surface area contributed by atoms with Crippen molar-refractivity contribution in [2.75, 3.05) is 12.8 Å². The SMILES string of the molecule is NS(=O)(=O)c1ccc(C(=O)NCC(=O)NCP)cc1. The molecule has 1 aromatic carbocycles. The molecule has 19 heavy (non-hydrogen) atoms. The van der Waals surface area contributed by atoms with Crippen molar-refractivity contribution in [3.8, 4) is 0 Å². The van der Waals surface area contributed by atoms with E-state index in [0.717, 1.165) is 0 Å². The summed E-state index contributed by atoms with van der Waals surface area (Å²) in [5.74, 6) is -0.788. The van der Waals surface area contributed by atoms with E-state index >= 15 is 0 Å². The van der Waals surface area contributed by atoms with Crippen molar-refractivity contribution in [1.29, 1.82) is 0 Å². The maximum absolute atomic E-state index is 11.6. The van der Waals surface area contributed by atoms with Gasteiger partial charge in [-0.3, -0.25) is 9.59 Å². The second-order valence-electron chi connectivity index (χ2n) is 3.56. The van der Waals surface area contributed by atoms with E-state index in [0.29, 0.717) is 6.29 Å². The Hall–Kier alpha value is -1.50. The van der Waals surface area contributed by atoms with Gasteiger partial charge < -0.3 is 10.6 Å². The van der Waals surface area contributed by atoms with E-state index < -0.39 is 15.9 Å². The summed E-state index contributed by atoms with van der Waals surface area (Å²) in [6.07, 6.45) is 0.401. The molecule has 0 aliphatic carbocycles. The van der Waals surface area contributed by atoms with E-state index in [-0.39, 0.29) is 22.9 Å². The molecule has 1 atom stereocenters.